The first kappa shape index (κ1) is 24.7. The largest absolute Gasteiger partial charge is 1.00 e. The Morgan fingerprint density at radius 2 is 1.19 bits per heavy atom. The van der Waals surface area contributed by atoms with E-state index in [0.717, 1.165) is 11.8 Å². The quantitative estimate of drug-likeness (QED) is 0.151. The van der Waals surface area contributed by atoms with Crippen LogP contribution in [-0.4, -0.2) is 13.0 Å². The van der Waals surface area contributed by atoms with Gasteiger partial charge in [-0.3, -0.25) is 0 Å². The number of hydrogen-bond donors (Lipinski definition) is 0. The summed E-state index contributed by atoms with van der Waals surface area (Å²) in [5, 5.41) is 10.7. The van der Waals surface area contributed by atoms with Gasteiger partial charge in [-0.05, 0) is 71.9 Å². The molecule has 3 nitrogen and oxygen atoms in total. The van der Waals surface area contributed by atoms with Crippen molar-refractivity contribution in [1.29, 1.82) is 0 Å². The van der Waals surface area contributed by atoms with Crippen LogP contribution >= 0.6 is 0 Å². The van der Waals surface area contributed by atoms with Gasteiger partial charge in [-0.2, -0.15) is 0 Å². The van der Waals surface area contributed by atoms with Crippen molar-refractivity contribution in [2.45, 2.75) is 11.3 Å². The molecule has 0 radical (unpaired) electrons. The Kier molecular flexibility index (Phi) is 6.50. The summed E-state index contributed by atoms with van der Waals surface area (Å²) in [6.07, 6.45) is 3.25. The van der Waals surface area contributed by atoms with Gasteiger partial charge in [0.15, 0.2) is 0 Å². The van der Waals surface area contributed by atoms with E-state index in [2.05, 4.69) is 67.3 Å². The Morgan fingerprint density at radius 1 is 0.639 bits per heavy atom. The predicted molar refractivity (Wildman–Crippen MR) is 144 cm³/mol. The van der Waals surface area contributed by atoms with Crippen molar-refractivity contribution in [3.8, 4) is 0 Å². The molecule has 0 N–H and O–H groups in total. The fourth-order valence-corrected chi connectivity index (χ4v) is 5.97. The van der Waals surface area contributed by atoms with Crippen LogP contribution in [0, 0.1) is 0 Å². The number of allylic oxidation sites excluding steroid dienone is 1. The molecule has 0 aromatic heterocycles. The molecule has 36 heavy (non-hydrogen) atoms. The predicted octanol–water partition coefficient (Wildman–Crippen LogP) is 3.81. The van der Waals surface area contributed by atoms with Gasteiger partial charge in [0, 0.05) is 0 Å². The average molecular weight is 497 g/mol. The van der Waals surface area contributed by atoms with Crippen molar-refractivity contribution in [3.63, 3.8) is 0 Å². The van der Waals surface area contributed by atoms with Crippen molar-refractivity contribution >= 4 is 64.9 Å². The van der Waals surface area contributed by atoms with Crippen LogP contribution in [-0.2, 0) is 10.1 Å². The normalized spacial score (nSPS) is 12.8. The van der Waals surface area contributed by atoms with Crippen molar-refractivity contribution < 1.29 is 42.5 Å². The molecule has 0 amide bonds. The molecule has 0 spiro atoms. The molecule has 170 valence electrons. The van der Waals surface area contributed by atoms with Crippen molar-refractivity contribution in [2.75, 3.05) is 0 Å². The molecule has 0 unspecified atom stereocenters. The van der Waals surface area contributed by atoms with E-state index in [4.69, 9.17) is 0 Å². The van der Waals surface area contributed by atoms with Gasteiger partial charge < -0.3 is 4.55 Å². The third kappa shape index (κ3) is 4.05. The minimum atomic E-state index is -4.38. The van der Waals surface area contributed by atoms with Gasteiger partial charge in [0.05, 0.1) is 4.90 Å². The van der Waals surface area contributed by atoms with Crippen LogP contribution in [0.5, 0.6) is 0 Å². The number of hydrogen-bond acceptors (Lipinski definition) is 3. The van der Waals surface area contributed by atoms with Gasteiger partial charge >= 0.3 is 29.6 Å². The zero-order chi connectivity index (χ0) is 24.2. The Morgan fingerprint density at radius 3 is 1.94 bits per heavy atom. The maximum atomic E-state index is 10.9. The zero-order valence-corrected chi connectivity index (χ0v) is 22.7. The van der Waals surface area contributed by atoms with Gasteiger partial charge in [-0.1, -0.05) is 104 Å². The second-order valence-corrected chi connectivity index (χ2v) is 10.1. The maximum absolute atomic E-state index is 10.9. The second-order valence-electron chi connectivity index (χ2n) is 8.80. The van der Waals surface area contributed by atoms with E-state index in [0.29, 0.717) is 5.39 Å². The first-order valence-electron chi connectivity index (χ1n) is 11.4. The molecule has 5 heteroatoms. The van der Waals surface area contributed by atoms with E-state index in [1.54, 1.807) is 36.4 Å². The third-order valence-electron chi connectivity index (χ3n) is 6.75. The Bertz CT molecular complexity index is 1960. The molecule has 0 saturated carbocycles. The minimum absolute atomic E-state index is 0. The maximum Gasteiger partial charge on any atom is 1.00 e. The van der Waals surface area contributed by atoms with Crippen LogP contribution in [0.1, 0.15) is 12.0 Å². The van der Waals surface area contributed by atoms with E-state index in [-0.39, 0.29) is 34.5 Å². The molecule has 0 heterocycles. The number of benzene rings is 6. The number of fused-ring (bicyclic) bond motifs is 3. The van der Waals surface area contributed by atoms with E-state index < -0.39 is 10.1 Å². The standard InChI is InChI=1S/C21H14.C10H8O3S.Na/c1-13-11-12-15-7-3-9-17-16-8-2-5-14-6-4-10-18(20(14)16)19(13)21(15)17;11-14(12,13)10-7-3-5-8-4-1-2-6-9(8)10;/h2-10,12H,1,11H2;1-7H,(H,11,12,13);/q;;+1/p-1. The molecule has 6 aromatic carbocycles. The van der Waals surface area contributed by atoms with Gasteiger partial charge in [-0.25, -0.2) is 8.42 Å². The SMILES string of the molecule is C=C1CC=c2cccc3c2c1c1cccc2cccc3c21.O=S(=O)([O-])c1cccc2ccccc12.[Na+]. The fourth-order valence-electron chi connectivity index (χ4n) is 5.27. The molecule has 6 aromatic rings. The molecule has 0 bridgehead atoms. The summed E-state index contributed by atoms with van der Waals surface area (Å²) < 4.78 is 32.7. The molecule has 0 fully saturated rings. The second kappa shape index (κ2) is 9.47. The van der Waals surface area contributed by atoms with Crippen molar-refractivity contribution in [1.82, 2.24) is 0 Å². The summed E-state index contributed by atoms with van der Waals surface area (Å²) >= 11 is 0. The van der Waals surface area contributed by atoms with E-state index in [9.17, 15) is 13.0 Å². The Hall–Kier alpha value is -2.99. The molecule has 0 atom stereocenters. The summed E-state index contributed by atoms with van der Waals surface area (Å²) in [6.45, 7) is 4.33. The third-order valence-corrected chi connectivity index (χ3v) is 7.65. The van der Waals surface area contributed by atoms with E-state index >= 15 is 0 Å². The monoisotopic (exact) mass is 496 g/mol. The molecular formula is C31H21NaO3S. The Labute approximate surface area is 231 Å². The molecule has 0 saturated heterocycles. The van der Waals surface area contributed by atoms with Crippen LogP contribution in [0.2, 0.25) is 0 Å². The Balaban J connectivity index is 0.000000157. The van der Waals surface area contributed by atoms with Crippen LogP contribution in [0.3, 0.4) is 0 Å². The van der Waals surface area contributed by atoms with Crippen LogP contribution in [0.4, 0.5) is 0 Å². The van der Waals surface area contributed by atoms with Crippen LogP contribution in [0.15, 0.2) is 109 Å². The topological polar surface area (TPSA) is 57.2 Å². The summed E-state index contributed by atoms with van der Waals surface area (Å²) in [6, 6.07) is 31.4. The first-order chi connectivity index (χ1) is 16.9. The average Bonchev–Trinajstić information content (AvgIpc) is 2.87. The van der Waals surface area contributed by atoms with Gasteiger partial charge in [0.1, 0.15) is 10.1 Å². The van der Waals surface area contributed by atoms with E-state index in [1.807, 2.05) is 0 Å². The molecule has 0 aliphatic heterocycles. The molecule has 1 aliphatic rings. The molecule has 1 aliphatic carbocycles. The van der Waals surface area contributed by atoms with Gasteiger partial charge in [0.2, 0.25) is 0 Å². The van der Waals surface area contributed by atoms with Crippen LogP contribution in [0.25, 0.3) is 54.7 Å². The molecule has 7 rings (SSSR count). The minimum Gasteiger partial charge on any atom is -0.744 e. The van der Waals surface area contributed by atoms with Crippen molar-refractivity contribution in [2.24, 2.45) is 0 Å². The van der Waals surface area contributed by atoms with Crippen LogP contribution < -0.4 is 34.8 Å². The number of rotatable bonds is 1. The van der Waals surface area contributed by atoms with Crippen molar-refractivity contribution in [3.05, 3.63) is 114 Å². The first-order valence-corrected chi connectivity index (χ1v) is 12.8. The fraction of sp³-hybridized carbons (Fsp3) is 0.0323. The summed E-state index contributed by atoms with van der Waals surface area (Å²) in [4.78, 5) is -0.157. The van der Waals surface area contributed by atoms with Gasteiger partial charge in [0.25, 0.3) is 0 Å². The summed E-state index contributed by atoms with van der Waals surface area (Å²) in [5.74, 6) is 0. The zero-order valence-electron chi connectivity index (χ0n) is 19.9. The smallest absolute Gasteiger partial charge is 0.744 e. The van der Waals surface area contributed by atoms with Gasteiger partial charge in [-0.15, -0.1) is 0 Å². The summed E-state index contributed by atoms with van der Waals surface area (Å²) in [5.41, 5.74) is 2.59. The summed E-state index contributed by atoms with van der Waals surface area (Å²) in [7, 11) is -4.38. The van der Waals surface area contributed by atoms with E-state index in [1.165, 1.54) is 54.7 Å². The molecular weight excluding hydrogens is 475 g/mol.